The second-order valence-corrected chi connectivity index (χ2v) is 7.88. The summed E-state index contributed by atoms with van der Waals surface area (Å²) in [6, 6.07) is 6.47. The average Bonchev–Trinajstić information content (AvgIpc) is 3.27. The van der Waals surface area contributed by atoms with Gasteiger partial charge in [0.15, 0.2) is 0 Å². The molecule has 0 radical (unpaired) electrons. The third-order valence-corrected chi connectivity index (χ3v) is 5.24. The number of amides is 2. The van der Waals surface area contributed by atoms with Gasteiger partial charge in [0.05, 0.1) is 5.56 Å². The number of hydrogen-bond donors (Lipinski definition) is 2. The fourth-order valence-electron chi connectivity index (χ4n) is 3.79. The smallest absolute Gasteiger partial charge is 0.406 e. The molecule has 2 amide bonds. The molecular weight excluding hydrogens is 465 g/mol. The summed E-state index contributed by atoms with van der Waals surface area (Å²) in [7, 11) is 0. The van der Waals surface area contributed by atoms with Crippen LogP contribution in [0, 0.1) is 0 Å². The number of carbonyl (C=O) groups is 2. The van der Waals surface area contributed by atoms with Gasteiger partial charge in [-0.2, -0.15) is 0 Å². The van der Waals surface area contributed by atoms with Crippen molar-refractivity contribution in [1.82, 2.24) is 20.3 Å². The van der Waals surface area contributed by atoms with Crippen molar-refractivity contribution in [3.05, 3.63) is 60.8 Å². The SMILES string of the molecule is CC(=O)NC1CCN(c2ncc(C(=O)Nc3ccc(OC(F)(F)F)cc3)cc2-c2cncnc2)C1. The minimum atomic E-state index is -4.80. The first-order valence-electron chi connectivity index (χ1n) is 10.6. The summed E-state index contributed by atoms with van der Waals surface area (Å²) >= 11 is 0. The van der Waals surface area contributed by atoms with Crippen LogP contribution in [0.4, 0.5) is 24.7 Å². The zero-order valence-electron chi connectivity index (χ0n) is 18.5. The van der Waals surface area contributed by atoms with Gasteiger partial charge in [-0.05, 0) is 36.8 Å². The normalized spacial score (nSPS) is 15.5. The van der Waals surface area contributed by atoms with Gasteiger partial charge in [0.2, 0.25) is 5.91 Å². The van der Waals surface area contributed by atoms with Crippen molar-refractivity contribution in [2.24, 2.45) is 0 Å². The number of aromatic nitrogens is 3. The number of benzene rings is 1. The van der Waals surface area contributed by atoms with Gasteiger partial charge in [-0.1, -0.05) is 0 Å². The number of pyridine rings is 1. The van der Waals surface area contributed by atoms with E-state index < -0.39 is 18.0 Å². The molecule has 3 heterocycles. The van der Waals surface area contributed by atoms with Gasteiger partial charge >= 0.3 is 6.36 Å². The Morgan fingerprint density at radius 1 is 1.11 bits per heavy atom. The van der Waals surface area contributed by atoms with Crippen molar-refractivity contribution in [3.63, 3.8) is 0 Å². The summed E-state index contributed by atoms with van der Waals surface area (Å²) in [5.41, 5.74) is 1.81. The van der Waals surface area contributed by atoms with Gasteiger partial charge in [0.1, 0.15) is 17.9 Å². The van der Waals surface area contributed by atoms with Gasteiger partial charge < -0.3 is 20.3 Å². The standard InChI is InChI=1S/C23H21F3N6O3/c1-14(33)30-18-6-7-32(12-18)21-20(16-9-27-13-28-10-16)8-15(11-29-21)22(34)31-17-2-4-19(5-3-17)35-23(24,25)26/h2-5,8-11,13,18H,6-7,12H2,1H3,(H,30,33)(H,31,34). The lowest BCUT2D eigenvalue weighted by atomic mass is 10.1. The number of nitrogens with one attached hydrogen (secondary N) is 2. The Balaban J connectivity index is 1.56. The van der Waals surface area contributed by atoms with Crippen LogP contribution in [-0.4, -0.2) is 52.3 Å². The highest BCUT2D eigenvalue weighted by atomic mass is 19.4. The summed E-state index contributed by atoms with van der Waals surface area (Å²) < 4.78 is 40.9. The molecule has 0 saturated carbocycles. The second-order valence-electron chi connectivity index (χ2n) is 7.88. The largest absolute Gasteiger partial charge is 0.573 e. The van der Waals surface area contributed by atoms with Gasteiger partial charge in [0.25, 0.3) is 5.91 Å². The number of ether oxygens (including phenoxy) is 1. The molecule has 182 valence electrons. The number of nitrogens with zero attached hydrogens (tertiary/aromatic N) is 4. The molecule has 2 N–H and O–H groups in total. The predicted molar refractivity (Wildman–Crippen MR) is 121 cm³/mol. The molecule has 1 aliphatic rings. The Morgan fingerprint density at radius 3 is 2.49 bits per heavy atom. The van der Waals surface area contributed by atoms with E-state index in [1.807, 2.05) is 4.90 Å². The fourth-order valence-corrected chi connectivity index (χ4v) is 3.79. The van der Waals surface area contributed by atoms with Crippen LogP contribution in [0.5, 0.6) is 5.75 Å². The minimum absolute atomic E-state index is 0.0126. The molecule has 1 aliphatic heterocycles. The lowest BCUT2D eigenvalue weighted by Gasteiger charge is -2.21. The Kier molecular flexibility index (Phi) is 6.80. The van der Waals surface area contributed by atoms with Gasteiger partial charge in [-0.15, -0.1) is 13.2 Å². The molecule has 4 rings (SSSR count). The van der Waals surface area contributed by atoms with E-state index in [1.165, 1.54) is 31.6 Å². The van der Waals surface area contributed by atoms with Crippen molar-refractivity contribution >= 4 is 23.3 Å². The van der Waals surface area contributed by atoms with E-state index in [1.54, 1.807) is 18.5 Å². The van der Waals surface area contributed by atoms with E-state index in [9.17, 15) is 22.8 Å². The lowest BCUT2D eigenvalue weighted by Crippen LogP contribution is -2.35. The van der Waals surface area contributed by atoms with Crippen LogP contribution in [0.25, 0.3) is 11.1 Å². The molecule has 1 atom stereocenters. The molecule has 0 bridgehead atoms. The molecule has 1 fully saturated rings. The fraction of sp³-hybridized carbons (Fsp3) is 0.261. The van der Waals surface area contributed by atoms with Gasteiger partial charge in [0, 0.05) is 61.5 Å². The van der Waals surface area contributed by atoms with Crippen LogP contribution in [0.1, 0.15) is 23.7 Å². The van der Waals surface area contributed by atoms with Crippen LogP contribution in [0.2, 0.25) is 0 Å². The van der Waals surface area contributed by atoms with Crippen molar-refractivity contribution < 1.29 is 27.5 Å². The quantitative estimate of drug-likeness (QED) is 0.550. The van der Waals surface area contributed by atoms with Crippen LogP contribution >= 0.6 is 0 Å². The predicted octanol–water partition coefficient (Wildman–Crippen LogP) is 3.40. The van der Waals surface area contributed by atoms with E-state index in [0.29, 0.717) is 30.0 Å². The molecular formula is C23H21F3N6O3. The Bertz CT molecular complexity index is 1210. The van der Waals surface area contributed by atoms with Crippen LogP contribution in [0.3, 0.4) is 0 Å². The van der Waals surface area contributed by atoms with E-state index in [0.717, 1.165) is 18.6 Å². The first kappa shape index (κ1) is 23.9. The zero-order valence-corrected chi connectivity index (χ0v) is 18.5. The molecule has 0 spiro atoms. The number of halogens is 3. The topological polar surface area (TPSA) is 109 Å². The van der Waals surface area contributed by atoms with Crippen molar-refractivity contribution in [3.8, 4) is 16.9 Å². The molecule has 2 aromatic heterocycles. The number of hydrogen-bond acceptors (Lipinski definition) is 7. The van der Waals surface area contributed by atoms with E-state index in [2.05, 4.69) is 30.3 Å². The van der Waals surface area contributed by atoms with Crippen molar-refractivity contribution in [2.75, 3.05) is 23.3 Å². The molecule has 3 aromatic rings. The van der Waals surface area contributed by atoms with E-state index >= 15 is 0 Å². The number of carbonyl (C=O) groups excluding carboxylic acids is 2. The van der Waals surface area contributed by atoms with Gasteiger partial charge in [-0.25, -0.2) is 15.0 Å². The second kappa shape index (κ2) is 9.95. The zero-order chi connectivity index (χ0) is 25.0. The number of alkyl halides is 3. The summed E-state index contributed by atoms with van der Waals surface area (Å²) in [5, 5.41) is 5.54. The van der Waals surface area contributed by atoms with Crippen LogP contribution < -0.4 is 20.3 Å². The summed E-state index contributed by atoms with van der Waals surface area (Å²) in [5.74, 6) is -0.371. The minimum Gasteiger partial charge on any atom is -0.406 e. The first-order valence-corrected chi connectivity index (χ1v) is 10.6. The number of rotatable bonds is 6. The summed E-state index contributed by atoms with van der Waals surface area (Å²) in [4.78, 5) is 38.9. The highest BCUT2D eigenvalue weighted by Gasteiger charge is 2.31. The molecule has 0 aliphatic carbocycles. The van der Waals surface area contributed by atoms with E-state index in [4.69, 9.17) is 0 Å². The molecule has 1 unspecified atom stereocenters. The van der Waals surface area contributed by atoms with Crippen molar-refractivity contribution in [1.29, 1.82) is 0 Å². The highest BCUT2D eigenvalue weighted by Crippen LogP contribution is 2.32. The summed E-state index contributed by atoms with van der Waals surface area (Å²) in [6.45, 7) is 2.69. The highest BCUT2D eigenvalue weighted by molar-refractivity contribution is 6.05. The Hall–Kier alpha value is -4.22. The first-order chi connectivity index (χ1) is 16.7. The molecule has 9 nitrogen and oxygen atoms in total. The maximum Gasteiger partial charge on any atom is 0.573 e. The van der Waals surface area contributed by atoms with Crippen molar-refractivity contribution in [2.45, 2.75) is 25.7 Å². The average molecular weight is 486 g/mol. The maximum atomic E-state index is 12.9. The molecule has 35 heavy (non-hydrogen) atoms. The lowest BCUT2D eigenvalue weighted by molar-refractivity contribution is -0.274. The molecule has 12 heteroatoms. The molecule has 1 saturated heterocycles. The maximum absolute atomic E-state index is 12.9. The Morgan fingerprint density at radius 2 is 1.83 bits per heavy atom. The summed E-state index contributed by atoms with van der Waals surface area (Å²) in [6.07, 6.45) is 1.98. The van der Waals surface area contributed by atoms with Crippen LogP contribution in [-0.2, 0) is 4.79 Å². The monoisotopic (exact) mass is 486 g/mol. The third kappa shape index (κ3) is 6.22. The number of anilines is 2. The third-order valence-electron chi connectivity index (χ3n) is 5.24. The van der Waals surface area contributed by atoms with Gasteiger partial charge in [-0.3, -0.25) is 9.59 Å². The molecule has 1 aromatic carbocycles. The van der Waals surface area contributed by atoms with Crippen LogP contribution in [0.15, 0.2) is 55.2 Å². The van der Waals surface area contributed by atoms with E-state index in [-0.39, 0.29) is 23.2 Å². The Labute approximate surface area is 198 Å².